The third kappa shape index (κ3) is 5.38. The normalized spacial score (nSPS) is 20.4. The van der Waals surface area contributed by atoms with Crippen LogP contribution in [0, 0.1) is 12.8 Å². The van der Waals surface area contributed by atoms with Gasteiger partial charge in [0.1, 0.15) is 6.54 Å². The van der Waals surface area contributed by atoms with Crippen LogP contribution in [0.5, 0.6) is 0 Å². The highest BCUT2D eigenvalue weighted by Gasteiger charge is 2.33. The largest absolute Gasteiger partial charge is 0.358 e. The molecule has 2 N–H and O–H groups in total. The molecule has 0 bridgehead atoms. The van der Waals surface area contributed by atoms with Gasteiger partial charge in [0.15, 0.2) is 0 Å². The van der Waals surface area contributed by atoms with Crippen LogP contribution in [0.2, 0.25) is 0 Å². The lowest BCUT2D eigenvalue weighted by molar-refractivity contribution is -0.122. The molecule has 1 aromatic rings. The van der Waals surface area contributed by atoms with E-state index in [1.54, 1.807) is 20.0 Å². The Morgan fingerprint density at radius 3 is 2.68 bits per heavy atom. The van der Waals surface area contributed by atoms with E-state index in [-0.39, 0.29) is 30.0 Å². The van der Waals surface area contributed by atoms with Gasteiger partial charge in [0.25, 0.3) is 5.56 Å². The smallest absolute Gasteiger partial charge is 0.267 e. The van der Waals surface area contributed by atoms with Crippen molar-refractivity contribution in [1.29, 1.82) is 0 Å². The number of hydrogen-bond acceptors (Lipinski definition) is 5. The molecular formula is C17H27N5O3. The predicted octanol–water partition coefficient (Wildman–Crippen LogP) is -0.486. The van der Waals surface area contributed by atoms with Crippen molar-refractivity contribution >= 4 is 11.8 Å². The number of amides is 2. The summed E-state index contributed by atoms with van der Waals surface area (Å²) in [4.78, 5) is 37.8. The molecule has 0 spiro atoms. The fraction of sp³-hybridized carbons (Fsp3) is 0.647. The van der Waals surface area contributed by atoms with E-state index >= 15 is 0 Å². The monoisotopic (exact) mass is 349 g/mol. The van der Waals surface area contributed by atoms with Gasteiger partial charge in [-0.25, -0.2) is 4.68 Å². The third-order valence-corrected chi connectivity index (χ3v) is 4.46. The zero-order chi connectivity index (χ0) is 18.4. The summed E-state index contributed by atoms with van der Waals surface area (Å²) in [6.07, 6.45) is 2.00. The SMILES string of the molecule is CCCC1CN(CC(=O)NC)CC1NC(=O)Cn1nc(C)ccc1=O. The average Bonchev–Trinajstić information content (AvgIpc) is 2.92. The van der Waals surface area contributed by atoms with E-state index in [4.69, 9.17) is 0 Å². The first-order valence-corrected chi connectivity index (χ1v) is 8.70. The topological polar surface area (TPSA) is 96.3 Å². The summed E-state index contributed by atoms with van der Waals surface area (Å²) in [6, 6.07) is 3.02. The number of likely N-dealkylation sites (tertiary alicyclic amines) is 1. The van der Waals surface area contributed by atoms with E-state index in [1.165, 1.54) is 10.7 Å². The molecule has 2 amide bonds. The number of aryl methyl sites for hydroxylation is 1. The lowest BCUT2D eigenvalue weighted by Gasteiger charge is -2.19. The first-order valence-electron chi connectivity index (χ1n) is 8.70. The van der Waals surface area contributed by atoms with E-state index < -0.39 is 0 Å². The third-order valence-electron chi connectivity index (χ3n) is 4.46. The maximum atomic E-state index is 12.4. The Balaban J connectivity index is 1.98. The second-order valence-corrected chi connectivity index (χ2v) is 6.56. The lowest BCUT2D eigenvalue weighted by atomic mass is 9.98. The van der Waals surface area contributed by atoms with Gasteiger partial charge in [-0.1, -0.05) is 13.3 Å². The fourth-order valence-electron chi connectivity index (χ4n) is 3.25. The molecule has 1 fully saturated rings. The highest BCUT2D eigenvalue weighted by molar-refractivity contribution is 5.78. The Morgan fingerprint density at radius 1 is 1.24 bits per heavy atom. The van der Waals surface area contributed by atoms with Gasteiger partial charge in [-0.05, 0) is 25.3 Å². The highest BCUT2D eigenvalue weighted by Crippen LogP contribution is 2.21. The molecule has 2 rings (SSSR count). The Hall–Kier alpha value is -2.22. The van der Waals surface area contributed by atoms with Gasteiger partial charge in [0.05, 0.1) is 12.2 Å². The number of nitrogens with zero attached hydrogens (tertiary/aromatic N) is 3. The molecule has 8 nitrogen and oxygen atoms in total. The number of carbonyl (C=O) groups is 2. The van der Waals surface area contributed by atoms with E-state index in [2.05, 4.69) is 27.6 Å². The summed E-state index contributed by atoms with van der Waals surface area (Å²) in [6.45, 7) is 5.55. The summed E-state index contributed by atoms with van der Waals surface area (Å²) in [5, 5.41) is 9.73. The van der Waals surface area contributed by atoms with Crippen LogP contribution in [0.15, 0.2) is 16.9 Å². The molecule has 0 aromatic carbocycles. The molecule has 2 atom stereocenters. The van der Waals surface area contributed by atoms with Crippen molar-refractivity contribution in [2.24, 2.45) is 5.92 Å². The summed E-state index contributed by atoms with van der Waals surface area (Å²) in [7, 11) is 1.62. The zero-order valence-corrected chi connectivity index (χ0v) is 15.1. The number of hydrogen-bond donors (Lipinski definition) is 2. The minimum absolute atomic E-state index is 0.0161. The van der Waals surface area contributed by atoms with Crippen LogP contribution in [0.4, 0.5) is 0 Å². The van der Waals surface area contributed by atoms with Gasteiger partial charge in [0.2, 0.25) is 11.8 Å². The molecule has 1 aliphatic rings. The van der Waals surface area contributed by atoms with Crippen LogP contribution in [-0.4, -0.2) is 59.2 Å². The number of carbonyl (C=O) groups excluding carboxylic acids is 2. The van der Waals surface area contributed by atoms with Gasteiger partial charge < -0.3 is 10.6 Å². The molecule has 1 saturated heterocycles. The van der Waals surface area contributed by atoms with Crippen LogP contribution in [0.3, 0.4) is 0 Å². The summed E-state index contributed by atoms with van der Waals surface area (Å²) >= 11 is 0. The molecule has 0 saturated carbocycles. The molecule has 0 aliphatic carbocycles. The number of rotatable bonds is 7. The first kappa shape index (κ1) is 19.1. The van der Waals surface area contributed by atoms with Gasteiger partial charge in [-0.15, -0.1) is 0 Å². The zero-order valence-electron chi connectivity index (χ0n) is 15.1. The van der Waals surface area contributed by atoms with Gasteiger partial charge in [0, 0.05) is 32.2 Å². The van der Waals surface area contributed by atoms with Gasteiger partial charge in [-0.3, -0.25) is 19.3 Å². The van der Waals surface area contributed by atoms with Crippen LogP contribution < -0.4 is 16.2 Å². The van der Waals surface area contributed by atoms with Crippen molar-refractivity contribution in [3.05, 3.63) is 28.2 Å². The lowest BCUT2D eigenvalue weighted by Crippen LogP contribution is -2.44. The molecule has 1 aromatic heterocycles. The predicted molar refractivity (Wildman–Crippen MR) is 94.1 cm³/mol. The van der Waals surface area contributed by atoms with Crippen molar-refractivity contribution in [2.75, 3.05) is 26.7 Å². The standard InChI is InChI=1S/C17H27N5O3/c1-4-5-13-8-21(10-15(23)18-3)9-14(13)19-16(24)11-22-17(25)7-6-12(2)20-22/h6-7,13-14H,4-5,8-11H2,1-3H3,(H,18,23)(H,19,24). The van der Waals surface area contributed by atoms with Crippen molar-refractivity contribution in [3.63, 3.8) is 0 Å². The molecule has 2 heterocycles. The number of aromatic nitrogens is 2. The van der Waals surface area contributed by atoms with Crippen molar-refractivity contribution in [1.82, 2.24) is 25.3 Å². The molecular weight excluding hydrogens is 322 g/mol. The second-order valence-electron chi connectivity index (χ2n) is 6.56. The quantitative estimate of drug-likeness (QED) is 0.693. The van der Waals surface area contributed by atoms with E-state index in [9.17, 15) is 14.4 Å². The second kappa shape index (κ2) is 8.75. The molecule has 0 radical (unpaired) electrons. The Labute approximate surface area is 147 Å². The molecule has 25 heavy (non-hydrogen) atoms. The average molecular weight is 349 g/mol. The summed E-state index contributed by atoms with van der Waals surface area (Å²) < 4.78 is 1.18. The minimum Gasteiger partial charge on any atom is -0.358 e. The van der Waals surface area contributed by atoms with Crippen LogP contribution >= 0.6 is 0 Å². The Kier molecular flexibility index (Phi) is 6.69. The molecule has 8 heteroatoms. The molecule has 2 unspecified atom stereocenters. The van der Waals surface area contributed by atoms with Crippen LogP contribution in [0.25, 0.3) is 0 Å². The van der Waals surface area contributed by atoms with E-state index in [0.717, 1.165) is 19.4 Å². The fourth-order valence-corrected chi connectivity index (χ4v) is 3.25. The number of nitrogens with one attached hydrogen (secondary N) is 2. The van der Waals surface area contributed by atoms with E-state index in [1.807, 2.05) is 0 Å². The summed E-state index contributed by atoms with van der Waals surface area (Å²) in [5.74, 6) is 0.0478. The van der Waals surface area contributed by atoms with E-state index in [0.29, 0.717) is 24.7 Å². The highest BCUT2D eigenvalue weighted by atomic mass is 16.2. The Bertz CT molecular complexity index is 672. The first-order chi connectivity index (χ1) is 11.9. The minimum atomic E-state index is -0.293. The molecule has 1 aliphatic heterocycles. The number of likely N-dealkylation sites (N-methyl/N-ethyl adjacent to an activating group) is 1. The van der Waals surface area contributed by atoms with Crippen molar-refractivity contribution in [3.8, 4) is 0 Å². The maximum Gasteiger partial charge on any atom is 0.267 e. The van der Waals surface area contributed by atoms with Gasteiger partial charge in [-0.2, -0.15) is 5.10 Å². The van der Waals surface area contributed by atoms with Gasteiger partial charge >= 0.3 is 0 Å². The Morgan fingerprint density at radius 2 is 2.00 bits per heavy atom. The van der Waals surface area contributed by atoms with Crippen molar-refractivity contribution in [2.45, 2.75) is 39.3 Å². The van der Waals surface area contributed by atoms with Crippen LogP contribution in [0.1, 0.15) is 25.5 Å². The van der Waals surface area contributed by atoms with Crippen LogP contribution in [-0.2, 0) is 16.1 Å². The maximum absolute atomic E-state index is 12.4. The van der Waals surface area contributed by atoms with Crippen molar-refractivity contribution < 1.29 is 9.59 Å². The molecule has 138 valence electrons. The summed E-state index contributed by atoms with van der Waals surface area (Å²) in [5.41, 5.74) is 0.396.